The normalized spacial score (nSPS) is 20.1. The summed E-state index contributed by atoms with van der Waals surface area (Å²) in [4.78, 5) is 15.4. The van der Waals surface area contributed by atoms with E-state index >= 15 is 0 Å². The molecule has 1 unspecified atom stereocenters. The zero-order valence-corrected chi connectivity index (χ0v) is 8.95. The van der Waals surface area contributed by atoms with E-state index in [4.69, 9.17) is 4.74 Å². The zero-order chi connectivity index (χ0) is 11.4. The van der Waals surface area contributed by atoms with E-state index in [9.17, 15) is 4.79 Å². The van der Waals surface area contributed by atoms with Crippen LogP contribution in [-0.4, -0.2) is 38.7 Å². The number of rotatable bonds is 2. The first-order valence-electron chi connectivity index (χ1n) is 4.50. The quantitative estimate of drug-likeness (QED) is 0.485. The number of nitrogens with zero attached hydrogens (tertiary/aromatic N) is 1. The van der Waals surface area contributed by atoms with E-state index in [-0.39, 0.29) is 6.04 Å². The molecule has 0 saturated heterocycles. The topological polar surface area (TPSA) is 75.5 Å². The molecule has 0 fully saturated rings. The van der Waals surface area contributed by atoms with Gasteiger partial charge in [-0.1, -0.05) is 6.58 Å². The average molecular weight is 211 g/mol. The van der Waals surface area contributed by atoms with Crippen LogP contribution >= 0.6 is 0 Å². The first kappa shape index (κ1) is 11.5. The SMILES string of the molecule is C=C(C(=O)OC)C1=CC(OC)=NCC1[NH3+]. The number of carbonyl (C=O) groups is 1. The lowest BCUT2D eigenvalue weighted by Gasteiger charge is -2.17. The highest BCUT2D eigenvalue weighted by Gasteiger charge is 2.24. The minimum absolute atomic E-state index is 0.0875. The Kier molecular flexibility index (Phi) is 3.62. The van der Waals surface area contributed by atoms with Gasteiger partial charge in [-0.2, -0.15) is 0 Å². The maximum atomic E-state index is 11.3. The van der Waals surface area contributed by atoms with Gasteiger partial charge in [-0.15, -0.1) is 0 Å². The van der Waals surface area contributed by atoms with Crippen molar-refractivity contribution in [3.63, 3.8) is 0 Å². The molecule has 0 bridgehead atoms. The van der Waals surface area contributed by atoms with Crippen LogP contribution in [0.2, 0.25) is 0 Å². The van der Waals surface area contributed by atoms with Crippen molar-refractivity contribution in [3.8, 4) is 0 Å². The van der Waals surface area contributed by atoms with Gasteiger partial charge in [0.1, 0.15) is 6.04 Å². The molecular weight excluding hydrogens is 196 g/mol. The van der Waals surface area contributed by atoms with Crippen molar-refractivity contribution in [2.45, 2.75) is 6.04 Å². The predicted octanol–water partition coefficient (Wildman–Crippen LogP) is -0.689. The fraction of sp³-hybridized carbons (Fsp3) is 0.400. The van der Waals surface area contributed by atoms with Gasteiger partial charge >= 0.3 is 5.97 Å². The second-order valence-corrected chi connectivity index (χ2v) is 3.15. The second-order valence-electron chi connectivity index (χ2n) is 3.15. The standard InChI is InChI=1S/C10H14N2O3/c1-6(10(13)15-3)7-4-9(14-2)12-5-8(7)11/h4,8H,1,5,11H2,2-3H3/p+1. The monoisotopic (exact) mass is 211 g/mol. The van der Waals surface area contributed by atoms with E-state index in [2.05, 4.69) is 22.0 Å². The third kappa shape index (κ3) is 2.44. The van der Waals surface area contributed by atoms with E-state index < -0.39 is 5.97 Å². The lowest BCUT2D eigenvalue weighted by atomic mass is 9.98. The molecule has 1 aliphatic heterocycles. The number of aliphatic imine (C=N–C) groups is 1. The molecule has 15 heavy (non-hydrogen) atoms. The number of hydrogen-bond acceptors (Lipinski definition) is 4. The molecule has 0 saturated carbocycles. The molecule has 0 aromatic rings. The summed E-state index contributed by atoms with van der Waals surface area (Å²) >= 11 is 0. The van der Waals surface area contributed by atoms with E-state index in [1.165, 1.54) is 14.2 Å². The van der Waals surface area contributed by atoms with Gasteiger partial charge in [0.2, 0.25) is 5.90 Å². The molecule has 5 nitrogen and oxygen atoms in total. The molecule has 0 radical (unpaired) electrons. The average Bonchev–Trinajstić information content (AvgIpc) is 2.27. The van der Waals surface area contributed by atoms with Crippen LogP contribution in [0.4, 0.5) is 0 Å². The van der Waals surface area contributed by atoms with Crippen LogP contribution in [0.3, 0.4) is 0 Å². The van der Waals surface area contributed by atoms with Crippen LogP contribution in [0, 0.1) is 0 Å². The van der Waals surface area contributed by atoms with Crippen LogP contribution in [0.1, 0.15) is 0 Å². The molecule has 1 rings (SSSR count). The number of hydrogen-bond donors (Lipinski definition) is 1. The lowest BCUT2D eigenvalue weighted by Crippen LogP contribution is -2.64. The molecule has 3 N–H and O–H groups in total. The summed E-state index contributed by atoms with van der Waals surface area (Å²) in [5, 5.41) is 0. The largest absolute Gasteiger partial charge is 0.481 e. The Bertz CT molecular complexity index is 345. The summed E-state index contributed by atoms with van der Waals surface area (Å²) in [6.45, 7) is 4.17. The molecule has 0 aromatic heterocycles. The van der Waals surface area contributed by atoms with E-state index in [0.29, 0.717) is 23.6 Å². The van der Waals surface area contributed by atoms with Gasteiger partial charge in [0.15, 0.2) is 0 Å². The predicted molar refractivity (Wildman–Crippen MR) is 55.2 cm³/mol. The van der Waals surface area contributed by atoms with Crippen LogP contribution in [0.5, 0.6) is 0 Å². The summed E-state index contributed by atoms with van der Waals surface area (Å²) in [5.74, 6) is 0.0298. The smallest absolute Gasteiger partial charge is 0.337 e. The van der Waals surface area contributed by atoms with E-state index in [1.807, 2.05) is 0 Å². The van der Waals surface area contributed by atoms with Crippen molar-refractivity contribution in [3.05, 3.63) is 23.8 Å². The van der Waals surface area contributed by atoms with Gasteiger partial charge in [-0.25, -0.2) is 9.79 Å². The summed E-state index contributed by atoms with van der Waals surface area (Å²) in [6, 6.07) is -0.0875. The molecule has 5 heteroatoms. The Hall–Kier alpha value is -1.62. The number of methoxy groups -OCH3 is 2. The summed E-state index contributed by atoms with van der Waals surface area (Å²) in [6.07, 6.45) is 1.67. The third-order valence-electron chi connectivity index (χ3n) is 2.18. The minimum atomic E-state index is -0.452. The Morgan fingerprint density at radius 3 is 2.87 bits per heavy atom. The van der Waals surface area contributed by atoms with Crippen LogP contribution in [0.15, 0.2) is 28.8 Å². The molecule has 1 atom stereocenters. The van der Waals surface area contributed by atoms with Crippen LogP contribution in [-0.2, 0) is 14.3 Å². The maximum absolute atomic E-state index is 11.3. The molecule has 0 aromatic carbocycles. The number of dihydropyridines is 1. The summed E-state index contributed by atoms with van der Waals surface area (Å²) in [5.41, 5.74) is 4.91. The Morgan fingerprint density at radius 1 is 1.67 bits per heavy atom. The maximum Gasteiger partial charge on any atom is 0.337 e. The van der Waals surface area contributed by atoms with Crippen molar-refractivity contribution >= 4 is 11.9 Å². The Labute approximate surface area is 88.3 Å². The summed E-state index contributed by atoms with van der Waals surface area (Å²) in [7, 11) is 2.84. The van der Waals surface area contributed by atoms with Crippen molar-refractivity contribution in [1.29, 1.82) is 0 Å². The fourth-order valence-corrected chi connectivity index (χ4v) is 1.29. The van der Waals surface area contributed by atoms with Gasteiger partial charge in [-0.3, -0.25) is 0 Å². The van der Waals surface area contributed by atoms with Gasteiger partial charge in [0.25, 0.3) is 0 Å². The number of esters is 1. The van der Waals surface area contributed by atoms with Gasteiger partial charge in [0, 0.05) is 11.6 Å². The first-order chi connectivity index (χ1) is 7.10. The van der Waals surface area contributed by atoms with E-state index in [1.54, 1.807) is 6.08 Å². The zero-order valence-electron chi connectivity index (χ0n) is 8.95. The lowest BCUT2D eigenvalue weighted by molar-refractivity contribution is -0.402. The Morgan fingerprint density at radius 2 is 2.33 bits per heavy atom. The fourth-order valence-electron chi connectivity index (χ4n) is 1.29. The van der Waals surface area contributed by atoms with Crippen molar-refractivity contribution < 1.29 is 20.0 Å². The first-order valence-corrected chi connectivity index (χ1v) is 4.50. The van der Waals surface area contributed by atoms with Crippen LogP contribution < -0.4 is 5.73 Å². The highest BCUT2D eigenvalue weighted by atomic mass is 16.5. The van der Waals surface area contributed by atoms with Gasteiger partial charge < -0.3 is 15.2 Å². The highest BCUT2D eigenvalue weighted by molar-refractivity contribution is 5.98. The molecule has 0 amide bonds. The second kappa shape index (κ2) is 4.75. The molecule has 0 aliphatic carbocycles. The molecule has 0 spiro atoms. The molecular formula is C10H15N2O3+. The minimum Gasteiger partial charge on any atom is -0.481 e. The van der Waals surface area contributed by atoms with Gasteiger partial charge in [-0.05, 0) is 0 Å². The summed E-state index contributed by atoms with van der Waals surface area (Å²) < 4.78 is 9.58. The molecule has 1 aliphatic rings. The Balaban J connectivity index is 2.92. The van der Waals surface area contributed by atoms with Crippen molar-refractivity contribution in [2.24, 2.45) is 4.99 Å². The van der Waals surface area contributed by atoms with E-state index in [0.717, 1.165) is 0 Å². The molecule has 1 heterocycles. The molecule has 82 valence electrons. The van der Waals surface area contributed by atoms with Crippen molar-refractivity contribution in [1.82, 2.24) is 0 Å². The number of ether oxygens (including phenoxy) is 2. The van der Waals surface area contributed by atoms with Crippen LogP contribution in [0.25, 0.3) is 0 Å². The number of carbonyl (C=O) groups excluding carboxylic acids is 1. The van der Waals surface area contributed by atoms with Crippen molar-refractivity contribution in [2.75, 3.05) is 20.8 Å². The number of quaternary nitrogens is 1. The van der Waals surface area contributed by atoms with Gasteiger partial charge in [0.05, 0.1) is 26.3 Å². The highest BCUT2D eigenvalue weighted by Crippen LogP contribution is 2.16. The third-order valence-corrected chi connectivity index (χ3v) is 2.18.